The molecular weight excluding hydrogens is 348 g/mol. The van der Waals surface area contributed by atoms with Crippen LogP contribution in [0.5, 0.6) is 0 Å². The molecule has 3 rings (SSSR count). The van der Waals surface area contributed by atoms with Crippen LogP contribution in [0.4, 0.5) is 5.69 Å². The fourth-order valence-corrected chi connectivity index (χ4v) is 3.29. The molecule has 1 aliphatic carbocycles. The van der Waals surface area contributed by atoms with Crippen LogP contribution in [0.3, 0.4) is 0 Å². The van der Waals surface area contributed by atoms with Gasteiger partial charge in [0.05, 0.1) is 16.0 Å². The lowest BCUT2D eigenvalue weighted by atomic mass is 9.95. The van der Waals surface area contributed by atoms with E-state index in [-0.39, 0.29) is 11.8 Å². The Hall–Kier alpha value is -2.59. The van der Waals surface area contributed by atoms with Crippen molar-refractivity contribution >= 4 is 29.1 Å². The molecule has 0 spiro atoms. The standard InChI is InChI=1S/C21H21ClN2O2/c1-3-13-24(2)19(25)17-10-9-16(14-18(17)22)23-20(26)21(11-12-21)15-7-5-4-6-8-15/h3-10,14H,1,11-13H2,2H3,(H,23,26). The summed E-state index contributed by atoms with van der Waals surface area (Å²) in [7, 11) is 1.69. The van der Waals surface area contributed by atoms with Gasteiger partial charge >= 0.3 is 0 Å². The first kappa shape index (κ1) is 18.2. The third-order valence-electron chi connectivity index (χ3n) is 4.72. The van der Waals surface area contributed by atoms with Crippen LogP contribution in [0.15, 0.2) is 61.2 Å². The number of carbonyl (C=O) groups is 2. The minimum atomic E-state index is -0.452. The number of hydrogen-bond acceptors (Lipinski definition) is 2. The van der Waals surface area contributed by atoms with Gasteiger partial charge in [-0.05, 0) is 36.6 Å². The molecule has 26 heavy (non-hydrogen) atoms. The molecule has 2 amide bonds. The van der Waals surface area contributed by atoms with E-state index in [9.17, 15) is 9.59 Å². The van der Waals surface area contributed by atoms with Gasteiger partial charge in [0.2, 0.25) is 5.91 Å². The number of anilines is 1. The number of nitrogens with zero attached hydrogens (tertiary/aromatic N) is 1. The Morgan fingerprint density at radius 1 is 1.23 bits per heavy atom. The molecule has 0 saturated heterocycles. The van der Waals surface area contributed by atoms with Crippen LogP contribution in [0.1, 0.15) is 28.8 Å². The first-order chi connectivity index (χ1) is 12.5. The Kier molecular flexibility index (Phi) is 5.14. The summed E-state index contributed by atoms with van der Waals surface area (Å²) >= 11 is 6.27. The number of carbonyl (C=O) groups excluding carboxylic acids is 2. The van der Waals surface area contributed by atoms with Gasteiger partial charge in [-0.3, -0.25) is 9.59 Å². The minimum Gasteiger partial charge on any atom is -0.338 e. The fraction of sp³-hybridized carbons (Fsp3) is 0.238. The predicted molar refractivity (Wildman–Crippen MR) is 105 cm³/mol. The van der Waals surface area contributed by atoms with Gasteiger partial charge in [-0.15, -0.1) is 6.58 Å². The third-order valence-corrected chi connectivity index (χ3v) is 5.03. The molecule has 1 fully saturated rings. The van der Waals surface area contributed by atoms with Crippen molar-refractivity contribution in [2.45, 2.75) is 18.3 Å². The molecule has 0 heterocycles. The predicted octanol–water partition coefficient (Wildman–Crippen LogP) is 4.27. The molecule has 0 aromatic heterocycles. The molecule has 1 aliphatic rings. The largest absolute Gasteiger partial charge is 0.338 e. The molecule has 2 aromatic rings. The van der Waals surface area contributed by atoms with Crippen molar-refractivity contribution in [2.75, 3.05) is 18.9 Å². The van der Waals surface area contributed by atoms with E-state index in [0.29, 0.717) is 22.8 Å². The molecule has 0 unspecified atom stereocenters. The molecule has 0 aliphatic heterocycles. The molecule has 0 radical (unpaired) electrons. The second-order valence-corrected chi connectivity index (χ2v) is 6.98. The summed E-state index contributed by atoms with van der Waals surface area (Å²) in [4.78, 5) is 26.7. The number of hydrogen-bond donors (Lipinski definition) is 1. The van der Waals surface area contributed by atoms with Crippen LogP contribution in [0, 0.1) is 0 Å². The lowest BCUT2D eigenvalue weighted by Crippen LogP contribution is -2.28. The van der Waals surface area contributed by atoms with E-state index >= 15 is 0 Å². The van der Waals surface area contributed by atoms with Crippen molar-refractivity contribution in [3.05, 3.63) is 77.3 Å². The average Bonchev–Trinajstić information content (AvgIpc) is 3.44. The van der Waals surface area contributed by atoms with E-state index < -0.39 is 5.41 Å². The van der Waals surface area contributed by atoms with Crippen LogP contribution in [-0.4, -0.2) is 30.3 Å². The van der Waals surface area contributed by atoms with Crippen molar-refractivity contribution in [1.82, 2.24) is 4.90 Å². The minimum absolute atomic E-state index is 0.0392. The highest BCUT2D eigenvalue weighted by Crippen LogP contribution is 2.49. The summed E-state index contributed by atoms with van der Waals surface area (Å²) in [5.41, 5.74) is 1.57. The third kappa shape index (κ3) is 3.51. The maximum absolute atomic E-state index is 12.8. The van der Waals surface area contributed by atoms with E-state index in [1.807, 2.05) is 30.3 Å². The van der Waals surface area contributed by atoms with E-state index in [4.69, 9.17) is 11.6 Å². The van der Waals surface area contributed by atoms with Crippen molar-refractivity contribution in [2.24, 2.45) is 0 Å². The summed E-state index contributed by atoms with van der Waals surface area (Å²) in [6.07, 6.45) is 3.32. The smallest absolute Gasteiger partial charge is 0.255 e. The number of halogens is 1. The van der Waals surface area contributed by atoms with E-state index in [1.165, 1.54) is 4.90 Å². The number of likely N-dealkylation sites (N-methyl/N-ethyl adjacent to an activating group) is 1. The van der Waals surface area contributed by atoms with E-state index in [1.54, 1.807) is 31.3 Å². The van der Waals surface area contributed by atoms with Crippen molar-refractivity contribution in [1.29, 1.82) is 0 Å². The second-order valence-electron chi connectivity index (χ2n) is 6.57. The highest BCUT2D eigenvalue weighted by atomic mass is 35.5. The van der Waals surface area contributed by atoms with Gasteiger partial charge in [-0.2, -0.15) is 0 Å². The maximum Gasteiger partial charge on any atom is 0.255 e. The highest BCUT2D eigenvalue weighted by molar-refractivity contribution is 6.34. The van der Waals surface area contributed by atoms with E-state index in [2.05, 4.69) is 11.9 Å². The van der Waals surface area contributed by atoms with Gasteiger partial charge in [0, 0.05) is 19.3 Å². The molecule has 0 bridgehead atoms. The zero-order valence-electron chi connectivity index (χ0n) is 14.7. The van der Waals surface area contributed by atoms with Crippen LogP contribution >= 0.6 is 11.6 Å². The zero-order valence-corrected chi connectivity index (χ0v) is 15.4. The summed E-state index contributed by atoms with van der Waals surface area (Å²) in [6.45, 7) is 4.06. The van der Waals surface area contributed by atoms with Gasteiger partial charge in [0.25, 0.3) is 5.91 Å². The Morgan fingerprint density at radius 2 is 1.92 bits per heavy atom. The van der Waals surface area contributed by atoms with Gasteiger partial charge in [0.1, 0.15) is 0 Å². The normalized spacial score (nSPS) is 14.4. The molecule has 1 saturated carbocycles. The number of amides is 2. The SMILES string of the molecule is C=CCN(C)C(=O)c1ccc(NC(=O)C2(c3ccccc3)CC2)cc1Cl. The Morgan fingerprint density at radius 3 is 2.50 bits per heavy atom. The molecule has 5 heteroatoms. The number of benzene rings is 2. The number of rotatable bonds is 6. The van der Waals surface area contributed by atoms with Crippen LogP contribution in [-0.2, 0) is 10.2 Å². The van der Waals surface area contributed by atoms with Crippen molar-refractivity contribution in [3.8, 4) is 0 Å². The Bertz CT molecular complexity index is 844. The van der Waals surface area contributed by atoms with Crippen LogP contribution < -0.4 is 5.32 Å². The molecular formula is C21H21ClN2O2. The average molecular weight is 369 g/mol. The molecule has 2 aromatic carbocycles. The molecule has 1 N–H and O–H groups in total. The highest BCUT2D eigenvalue weighted by Gasteiger charge is 2.51. The second kappa shape index (κ2) is 7.34. The van der Waals surface area contributed by atoms with Gasteiger partial charge in [-0.25, -0.2) is 0 Å². The Labute approximate surface area is 158 Å². The van der Waals surface area contributed by atoms with Crippen molar-refractivity contribution in [3.63, 3.8) is 0 Å². The first-order valence-electron chi connectivity index (χ1n) is 8.51. The summed E-state index contributed by atoms with van der Waals surface area (Å²) in [6, 6.07) is 14.8. The summed E-state index contributed by atoms with van der Waals surface area (Å²) in [5.74, 6) is -0.224. The Balaban J connectivity index is 1.75. The maximum atomic E-state index is 12.8. The molecule has 134 valence electrons. The van der Waals surface area contributed by atoms with Gasteiger partial charge in [-0.1, -0.05) is 48.0 Å². The molecule has 0 atom stereocenters. The number of nitrogens with one attached hydrogen (secondary N) is 1. The topological polar surface area (TPSA) is 49.4 Å². The summed E-state index contributed by atoms with van der Waals surface area (Å²) in [5, 5.41) is 3.25. The van der Waals surface area contributed by atoms with Gasteiger partial charge in [0.15, 0.2) is 0 Å². The van der Waals surface area contributed by atoms with Gasteiger partial charge < -0.3 is 10.2 Å². The lowest BCUT2D eigenvalue weighted by molar-refractivity contribution is -0.118. The fourth-order valence-electron chi connectivity index (χ4n) is 3.03. The molecule has 4 nitrogen and oxygen atoms in total. The first-order valence-corrected chi connectivity index (χ1v) is 8.88. The van der Waals surface area contributed by atoms with Crippen LogP contribution in [0.2, 0.25) is 5.02 Å². The monoisotopic (exact) mass is 368 g/mol. The zero-order chi connectivity index (χ0) is 18.7. The quantitative estimate of drug-likeness (QED) is 0.774. The van der Waals surface area contributed by atoms with Crippen LogP contribution in [0.25, 0.3) is 0 Å². The summed E-state index contributed by atoms with van der Waals surface area (Å²) < 4.78 is 0. The van der Waals surface area contributed by atoms with E-state index in [0.717, 1.165) is 18.4 Å². The lowest BCUT2D eigenvalue weighted by Gasteiger charge is -2.18. The van der Waals surface area contributed by atoms with Crippen molar-refractivity contribution < 1.29 is 9.59 Å².